The molecule has 1 saturated heterocycles. The third-order valence-corrected chi connectivity index (χ3v) is 3.45. The van der Waals surface area contributed by atoms with Crippen LogP contribution in [0.4, 0.5) is 0 Å². The van der Waals surface area contributed by atoms with E-state index >= 15 is 0 Å². The van der Waals surface area contributed by atoms with Crippen LogP contribution in [-0.2, 0) is 15.1 Å². The van der Waals surface area contributed by atoms with Crippen LogP contribution in [-0.4, -0.2) is 30.3 Å². The number of hydrogen-bond acceptors (Lipinski definition) is 3. The summed E-state index contributed by atoms with van der Waals surface area (Å²) >= 11 is 0. The molecule has 1 aliphatic rings. The van der Waals surface area contributed by atoms with Gasteiger partial charge >= 0.3 is 0 Å². The van der Waals surface area contributed by atoms with E-state index < -0.39 is 5.60 Å². The Morgan fingerprint density at radius 2 is 2.21 bits per heavy atom. The summed E-state index contributed by atoms with van der Waals surface area (Å²) in [5, 5.41) is 13.2. The van der Waals surface area contributed by atoms with Crippen LogP contribution in [0, 0.1) is 0 Å². The minimum absolute atomic E-state index is 0.0593. The first kappa shape index (κ1) is 14.0. The van der Waals surface area contributed by atoms with Crippen LogP contribution in [0.3, 0.4) is 0 Å². The fourth-order valence-electron chi connectivity index (χ4n) is 2.31. The molecule has 2 unspecified atom stereocenters. The van der Waals surface area contributed by atoms with Gasteiger partial charge in [-0.25, -0.2) is 0 Å². The number of carbonyl (C=O) groups is 1. The van der Waals surface area contributed by atoms with Crippen molar-refractivity contribution in [2.24, 2.45) is 0 Å². The van der Waals surface area contributed by atoms with Gasteiger partial charge in [0, 0.05) is 13.2 Å². The Bertz CT molecular complexity index is 411. The number of rotatable bonds is 5. The summed E-state index contributed by atoms with van der Waals surface area (Å²) in [5.74, 6) is -0.149. The average Bonchev–Trinajstić information content (AvgIpc) is 2.90. The molecule has 0 radical (unpaired) electrons. The molecule has 2 rings (SSSR count). The Morgan fingerprint density at radius 1 is 1.47 bits per heavy atom. The highest BCUT2D eigenvalue weighted by atomic mass is 16.5. The summed E-state index contributed by atoms with van der Waals surface area (Å²) in [6, 6.07) is 9.25. The molecule has 1 heterocycles. The molecule has 4 nitrogen and oxygen atoms in total. The quantitative estimate of drug-likeness (QED) is 0.848. The second kappa shape index (κ2) is 6.17. The van der Waals surface area contributed by atoms with Gasteiger partial charge in [-0.15, -0.1) is 0 Å². The summed E-state index contributed by atoms with van der Waals surface area (Å²) < 4.78 is 5.44. The van der Waals surface area contributed by atoms with Gasteiger partial charge in [-0.2, -0.15) is 0 Å². The smallest absolute Gasteiger partial charge is 0.223 e. The van der Waals surface area contributed by atoms with E-state index in [1.165, 1.54) is 0 Å². The monoisotopic (exact) mass is 263 g/mol. The standard InChI is InChI=1S/C15H21NO3/c1-15(18,12-6-3-2-4-7-12)10-14(17)16-11-13-8-5-9-19-13/h2-4,6-7,13,18H,5,8-11H2,1H3,(H,16,17). The van der Waals surface area contributed by atoms with Gasteiger partial charge in [0.15, 0.2) is 0 Å². The Hall–Kier alpha value is -1.39. The molecule has 1 aromatic carbocycles. The minimum Gasteiger partial charge on any atom is -0.385 e. The van der Waals surface area contributed by atoms with Crippen LogP contribution in [0.5, 0.6) is 0 Å². The lowest BCUT2D eigenvalue weighted by molar-refractivity contribution is -0.126. The molecule has 2 N–H and O–H groups in total. The minimum atomic E-state index is -1.14. The van der Waals surface area contributed by atoms with Gasteiger partial charge in [0.25, 0.3) is 0 Å². The van der Waals surface area contributed by atoms with Crippen LogP contribution in [0.25, 0.3) is 0 Å². The van der Waals surface area contributed by atoms with Crippen LogP contribution >= 0.6 is 0 Å². The first-order valence-corrected chi connectivity index (χ1v) is 6.74. The second-order valence-electron chi connectivity index (χ2n) is 5.26. The molecule has 0 aliphatic carbocycles. The lowest BCUT2D eigenvalue weighted by atomic mass is 9.92. The SMILES string of the molecule is CC(O)(CC(=O)NCC1CCCO1)c1ccccc1. The lowest BCUT2D eigenvalue weighted by Crippen LogP contribution is -2.36. The summed E-state index contributed by atoms with van der Waals surface area (Å²) in [6.45, 7) is 2.97. The van der Waals surface area contributed by atoms with E-state index in [2.05, 4.69) is 5.32 Å². The Morgan fingerprint density at radius 3 is 2.84 bits per heavy atom. The van der Waals surface area contributed by atoms with E-state index in [0.29, 0.717) is 6.54 Å². The van der Waals surface area contributed by atoms with Gasteiger partial charge in [-0.05, 0) is 25.3 Å². The third kappa shape index (κ3) is 4.04. The van der Waals surface area contributed by atoms with Crippen molar-refractivity contribution in [1.29, 1.82) is 0 Å². The summed E-state index contributed by atoms with van der Waals surface area (Å²) in [4.78, 5) is 11.9. The first-order chi connectivity index (χ1) is 9.08. The number of ether oxygens (including phenoxy) is 1. The fraction of sp³-hybridized carbons (Fsp3) is 0.533. The Labute approximate surface area is 113 Å². The van der Waals surface area contributed by atoms with Crippen molar-refractivity contribution in [3.8, 4) is 0 Å². The predicted octanol–water partition coefficient (Wildman–Crippen LogP) is 1.58. The van der Waals surface area contributed by atoms with E-state index in [1.54, 1.807) is 6.92 Å². The Kier molecular flexibility index (Phi) is 4.56. The van der Waals surface area contributed by atoms with Gasteiger partial charge in [-0.3, -0.25) is 4.79 Å². The predicted molar refractivity (Wildman–Crippen MR) is 72.6 cm³/mol. The number of aliphatic hydroxyl groups is 1. The van der Waals surface area contributed by atoms with Crippen LogP contribution in [0.2, 0.25) is 0 Å². The molecule has 104 valence electrons. The number of benzene rings is 1. The molecular weight excluding hydrogens is 242 g/mol. The maximum Gasteiger partial charge on any atom is 0.223 e. The highest BCUT2D eigenvalue weighted by molar-refractivity contribution is 5.77. The normalized spacial score (nSPS) is 21.9. The van der Waals surface area contributed by atoms with Gasteiger partial charge < -0.3 is 15.2 Å². The molecule has 19 heavy (non-hydrogen) atoms. The molecule has 4 heteroatoms. The molecule has 1 aromatic rings. The molecule has 0 saturated carbocycles. The Balaban J connectivity index is 1.83. The molecule has 0 spiro atoms. The summed E-state index contributed by atoms with van der Waals surface area (Å²) in [6.07, 6.45) is 2.24. The van der Waals surface area contributed by atoms with Crippen molar-refractivity contribution in [2.45, 2.75) is 37.9 Å². The van der Waals surface area contributed by atoms with E-state index in [-0.39, 0.29) is 18.4 Å². The number of hydrogen-bond donors (Lipinski definition) is 2. The summed E-state index contributed by atoms with van der Waals surface area (Å²) in [5.41, 5.74) is -0.385. The van der Waals surface area contributed by atoms with E-state index in [0.717, 1.165) is 25.0 Å². The molecule has 0 aromatic heterocycles. The van der Waals surface area contributed by atoms with Gasteiger partial charge in [0.05, 0.1) is 18.1 Å². The van der Waals surface area contributed by atoms with Crippen molar-refractivity contribution in [1.82, 2.24) is 5.32 Å². The van der Waals surface area contributed by atoms with Crippen LogP contribution in [0.1, 0.15) is 31.7 Å². The van der Waals surface area contributed by atoms with E-state index in [4.69, 9.17) is 4.74 Å². The molecule has 0 bridgehead atoms. The highest BCUT2D eigenvalue weighted by Crippen LogP contribution is 2.23. The van der Waals surface area contributed by atoms with Gasteiger partial charge in [-0.1, -0.05) is 30.3 Å². The van der Waals surface area contributed by atoms with Crippen molar-refractivity contribution in [3.05, 3.63) is 35.9 Å². The zero-order valence-corrected chi connectivity index (χ0v) is 11.3. The molecule has 1 aliphatic heterocycles. The number of amides is 1. The molecule has 1 amide bonds. The lowest BCUT2D eigenvalue weighted by Gasteiger charge is -2.23. The van der Waals surface area contributed by atoms with E-state index in [9.17, 15) is 9.90 Å². The van der Waals surface area contributed by atoms with Crippen molar-refractivity contribution in [3.63, 3.8) is 0 Å². The van der Waals surface area contributed by atoms with Gasteiger partial charge in [0.2, 0.25) is 5.91 Å². The van der Waals surface area contributed by atoms with E-state index in [1.807, 2.05) is 30.3 Å². The van der Waals surface area contributed by atoms with Gasteiger partial charge in [0.1, 0.15) is 0 Å². The van der Waals surface area contributed by atoms with Crippen LogP contribution < -0.4 is 5.32 Å². The third-order valence-electron chi connectivity index (χ3n) is 3.45. The molecular formula is C15H21NO3. The zero-order valence-electron chi connectivity index (χ0n) is 11.3. The largest absolute Gasteiger partial charge is 0.385 e. The highest BCUT2D eigenvalue weighted by Gasteiger charge is 2.27. The molecule has 1 fully saturated rings. The maximum atomic E-state index is 11.9. The van der Waals surface area contributed by atoms with Crippen molar-refractivity contribution >= 4 is 5.91 Å². The fourth-order valence-corrected chi connectivity index (χ4v) is 2.31. The topological polar surface area (TPSA) is 58.6 Å². The molecule has 2 atom stereocenters. The zero-order chi connectivity index (χ0) is 13.7. The van der Waals surface area contributed by atoms with Crippen molar-refractivity contribution in [2.75, 3.05) is 13.2 Å². The first-order valence-electron chi connectivity index (χ1n) is 6.74. The maximum absolute atomic E-state index is 11.9. The second-order valence-corrected chi connectivity index (χ2v) is 5.26. The number of carbonyl (C=O) groups excluding carboxylic acids is 1. The van der Waals surface area contributed by atoms with Crippen molar-refractivity contribution < 1.29 is 14.6 Å². The average molecular weight is 263 g/mol. The van der Waals surface area contributed by atoms with Crippen LogP contribution in [0.15, 0.2) is 30.3 Å². The number of nitrogens with one attached hydrogen (secondary N) is 1. The summed E-state index contributed by atoms with van der Waals surface area (Å²) in [7, 11) is 0.